The molecule has 0 spiro atoms. The molecular formula is C16H27NO3S. The summed E-state index contributed by atoms with van der Waals surface area (Å²) in [6, 6.07) is 4.09. The summed E-state index contributed by atoms with van der Waals surface area (Å²) in [5.41, 5.74) is 2.90. The van der Waals surface area contributed by atoms with Crippen LogP contribution in [0.5, 0.6) is 5.75 Å². The van der Waals surface area contributed by atoms with E-state index in [-0.39, 0.29) is 5.75 Å². The van der Waals surface area contributed by atoms with Crippen molar-refractivity contribution in [3.8, 4) is 5.75 Å². The molecule has 1 rings (SSSR count). The fourth-order valence-electron chi connectivity index (χ4n) is 2.50. The van der Waals surface area contributed by atoms with Gasteiger partial charge in [-0.2, -0.15) is 0 Å². The summed E-state index contributed by atoms with van der Waals surface area (Å²) in [4.78, 5) is 0. The third-order valence-corrected chi connectivity index (χ3v) is 5.42. The lowest BCUT2D eigenvalue weighted by atomic mass is 9.85. The van der Waals surface area contributed by atoms with Gasteiger partial charge in [-0.05, 0) is 50.3 Å². The second-order valence-electron chi connectivity index (χ2n) is 5.96. The van der Waals surface area contributed by atoms with Crippen LogP contribution in [0.3, 0.4) is 0 Å². The van der Waals surface area contributed by atoms with Crippen LogP contribution in [0.2, 0.25) is 0 Å². The monoisotopic (exact) mass is 313 g/mol. The molecule has 2 N–H and O–H groups in total. The topological polar surface area (TPSA) is 69.4 Å². The Morgan fingerprint density at radius 1 is 1.10 bits per heavy atom. The van der Waals surface area contributed by atoms with E-state index in [0.717, 1.165) is 16.9 Å². The summed E-state index contributed by atoms with van der Waals surface area (Å²) in [5.74, 6) is 0.812. The molecule has 0 bridgehead atoms. The van der Waals surface area contributed by atoms with Crippen molar-refractivity contribution in [3.05, 3.63) is 28.8 Å². The first-order valence-corrected chi connectivity index (χ1v) is 9.06. The number of sulfonamides is 1. The molecule has 0 atom stereocenters. The molecule has 5 heteroatoms. The second kappa shape index (κ2) is 6.79. The van der Waals surface area contributed by atoms with E-state index < -0.39 is 15.4 Å². The minimum Gasteiger partial charge on any atom is -0.492 e. The molecule has 0 aliphatic carbocycles. The number of rotatable bonds is 7. The molecule has 0 saturated heterocycles. The summed E-state index contributed by atoms with van der Waals surface area (Å²) in [5, 5.41) is 5.24. The van der Waals surface area contributed by atoms with Crippen molar-refractivity contribution < 1.29 is 13.2 Å². The number of hydrogen-bond donors (Lipinski definition) is 1. The van der Waals surface area contributed by atoms with Gasteiger partial charge in [-0.1, -0.05) is 26.0 Å². The van der Waals surface area contributed by atoms with Gasteiger partial charge in [0.05, 0.1) is 12.4 Å². The Morgan fingerprint density at radius 2 is 1.62 bits per heavy atom. The predicted molar refractivity (Wildman–Crippen MR) is 87.1 cm³/mol. The Labute approximate surface area is 128 Å². The van der Waals surface area contributed by atoms with Crippen molar-refractivity contribution in [2.24, 2.45) is 10.6 Å². The minimum atomic E-state index is -3.52. The molecule has 0 fully saturated rings. The highest BCUT2D eigenvalue weighted by molar-refractivity contribution is 7.89. The second-order valence-corrected chi connectivity index (χ2v) is 7.57. The van der Waals surface area contributed by atoms with Gasteiger partial charge in [0.1, 0.15) is 5.75 Å². The van der Waals surface area contributed by atoms with Crippen LogP contribution in [0.25, 0.3) is 0 Å². The zero-order valence-electron chi connectivity index (χ0n) is 13.7. The van der Waals surface area contributed by atoms with E-state index >= 15 is 0 Å². The highest BCUT2D eigenvalue weighted by Crippen LogP contribution is 2.32. The maximum absolute atomic E-state index is 11.5. The number of hydrogen-bond acceptors (Lipinski definition) is 3. The van der Waals surface area contributed by atoms with E-state index in [1.807, 2.05) is 40.7 Å². The van der Waals surface area contributed by atoms with Gasteiger partial charge in [0, 0.05) is 5.41 Å². The van der Waals surface area contributed by atoms with Gasteiger partial charge in [-0.25, -0.2) is 13.6 Å². The number of primary sulfonamides is 1. The average molecular weight is 313 g/mol. The first-order valence-electron chi connectivity index (χ1n) is 7.34. The Kier molecular flexibility index (Phi) is 5.82. The summed E-state index contributed by atoms with van der Waals surface area (Å²) in [6.45, 7) is 10.4. The molecule has 1 aromatic carbocycles. The van der Waals surface area contributed by atoms with E-state index in [0.29, 0.717) is 19.4 Å². The summed E-state index contributed by atoms with van der Waals surface area (Å²) in [6.07, 6.45) is 1.42. The highest BCUT2D eigenvalue weighted by atomic mass is 32.2. The van der Waals surface area contributed by atoms with Gasteiger partial charge in [0.15, 0.2) is 0 Å². The van der Waals surface area contributed by atoms with Gasteiger partial charge in [0.2, 0.25) is 10.0 Å². The van der Waals surface area contributed by atoms with Gasteiger partial charge in [-0.15, -0.1) is 0 Å². The van der Waals surface area contributed by atoms with Crippen molar-refractivity contribution in [2.75, 3.05) is 12.4 Å². The normalized spacial score (nSPS) is 12.5. The number of ether oxygens (including phenoxy) is 1. The number of nitrogens with two attached hydrogens (primary N) is 1. The fraction of sp³-hybridized carbons (Fsp3) is 0.625. The highest BCUT2D eigenvalue weighted by Gasteiger charge is 2.32. The van der Waals surface area contributed by atoms with Crippen LogP contribution in [0.4, 0.5) is 0 Å². The third-order valence-electron chi connectivity index (χ3n) is 4.40. The van der Waals surface area contributed by atoms with E-state index in [2.05, 4.69) is 6.07 Å². The average Bonchev–Trinajstić information content (AvgIpc) is 2.40. The van der Waals surface area contributed by atoms with Gasteiger partial charge in [-0.3, -0.25) is 0 Å². The summed E-state index contributed by atoms with van der Waals surface area (Å²) < 4.78 is 29.0. The van der Waals surface area contributed by atoms with Crippen LogP contribution in [0, 0.1) is 26.2 Å². The minimum absolute atomic E-state index is 0.0447. The zero-order valence-corrected chi connectivity index (χ0v) is 14.5. The molecule has 1 aromatic rings. The largest absolute Gasteiger partial charge is 0.492 e. The lowest BCUT2D eigenvalue weighted by molar-refractivity contribution is 0.153. The molecule has 0 aliphatic heterocycles. The van der Waals surface area contributed by atoms with Gasteiger partial charge < -0.3 is 4.74 Å². The molecule has 0 aliphatic rings. The maximum Gasteiger partial charge on any atom is 0.209 e. The first kappa shape index (κ1) is 18.0. The molecule has 21 heavy (non-hydrogen) atoms. The van der Waals surface area contributed by atoms with Crippen LogP contribution in [-0.4, -0.2) is 20.8 Å². The fourth-order valence-corrected chi connectivity index (χ4v) is 3.84. The van der Waals surface area contributed by atoms with Crippen molar-refractivity contribution in [1.29, 1.82) is 0 Å². The Hall–Kier alpha value is -1.07. The molecule has 0 amide bonds. The van der Waals surface area contributed by atoms with E-state index in [9.17, 15) is 8.42 Å². The van der Waals surface area contributed by atoms with Crippen molar-refractivity contribution in [1.82, 2.24) is 0 Å². The Bertz CT molecular complexity index is 590. The predicted octanol–water partition coefficient (Wildman–Crippen LogP) is 3.09. The van der Waals surface area contributed by atoms with Crippen LogP contribution >= 0.6 is 0 Å². The van der Waals surface area contributed by atoms with E-state index in [4.69, 9.17) is 9.88 Å². The number of benzene rings is 1. The smallest absolute Gasteiger partial charge is 0.209 e. The Balaban J connectivity index is 3.01. The van der Waals surface area contributed by atoms with Crippen LogP contribution < -0.4 is 9.88 Å². The molecule has 0 unspecified atom stereocenters. The number of aryl methyl sites for hydroxylation is 2. The van der Waals surface area contributed by atoms with Crippen molar-refractivity contribution >= 4 is 10.0 Å². The molecule has 120 valence electrons. The first-order chi connectivity index (χ1) is 9.64. The van der Waals surface area contributed by atoms with Crippen molar-refractivity contribution in [3.63, 3.8) is 0 Å². The third kappa shape index (κ3) is 4.71. The van der Waals surface area contributed by atoms with Crippen LogP contribution in [0.15, 0.2) is 12.1 Å². The standard InChI is InChI=1S/C16H27NO3S/c1-6-16(7-2,11-21(17,18)19)10-20-15-13(4)9-8-12(3)14(15)5/h8-9H,6-7,10-11H2,1-5H3,(H2,17,18,19). The molecular weight excluding hydrogens is 286 g/mol. The SMILES string of the molecule is CCC(CC)(COc1c(C)ccc(C)c1C)CS(N)(=O)=O. The molecule has 0 saturated carbocycles. The lowest BCUT2D eigenvalue weighted by Crippen LogP contribution is -2.37. The van der Waals surface area contributed by atoms with E-state index in [1.54, 1.807) is 0 Å². The molecule has 0 heterocycles. The summed E-state index contributed by atoms with van der Waals surface area (Å²) in [7, 11) is -3.52. The van der Waals surface area contributed by atoms with Gasteiger partial charge in [0.25, 0.3) is 0 Å². The molecule has 0 radical (unpaired) electrons. The van der Waals surface area contributed by atoms with Crippen molar-refractivity contribution in [2.45, 2.75) is 47.5 Å². The van der Waals surface area contributed by atoms with Crippen LogP contribution in [0.1, 0.15) is 43.4 Å². The molecule has 0 aromatic heterocycles. The van der Waals surface area contributed by atoms with Crippen LogP contribution in [-0.2, 0) is 10.0 Å². The molecule has 4 nitrogen and oxygen atoms in total. The zero-order chi connectivity index (χ0) is 16.3. The maximum atomic E-state index is 11.5. The van der Waals surface area contributed by atoms with Gasteiger partial charge >= 0.3 is 0 Å². The van der Waals surface area contributed by atoms with E-state index in [1.165, 1.54) is 5.56 Å². The Morgan fingerprint density at radius 3 is 2.10 bits per heavy atom. The lowest BCUT2D eigenvalue weighted by Gasteiger charge is -2.31. The quantitative estimate of drug-likeness (QED) is 0.841. The summed E-state index contributed by atoms with van der Waals surface area (Å²) >= 11 is 0.